The van der Waals surface area contributed by atoms with Gasteiger partial charge in [-0.3, -0.25) is 0 Å². The molecule has 0 amide bonds. The first-order chi connectivity index (χ1) is 29.7. The molecule has 0 atom stereocenters. The lowest BCUT2D eigenvalue weighted by Crippen LogP contribution is -2.27. The molecular weight excluding hydrogens is 727 g/mol. The van der Waals surface area contributed by atoms with E-state index in [-0.39, 0.29) is 5.41 Å². The Balaban J connectivity index is 0.910. The zero-order chi connectivity index (χ0) is 39.9. The van der Waals surface area contributed by atoms with Gasteiger partial charge in [0.15, 0.2) is 17.5 Å². The SMILES string of the molecule is c1ccc(-c2ccc(-c3nc(-c4ccccc4)nc(-c4cccc(-c5ccc(-c6cccc(-c7cccc8c7-c7ccccc7C87CCCCC7)c6)cc5)c4)n3)cc2)cc1. The van der Waals surface area contributed by atoms with E-state index in [1.165, 1.54) is 82.2 Å². The minimum absolute atomic E-state index is 0.149. The van der Waals surface area contributed by atoms with Gasteiger partial charge in [0.05, 0.1) is 0 Å². The molecule has 0 unspecified atom stereocenters. The summed E-state index contributed by atoms with van der Waals surface area (Å²) in [4.78, 5) is 15.1. The molecule has 3 heteroatoms. The minimum atomic E-state index is 0.149. The third kappa shape index (κ3) is 6.44. The van der Waals surface area contributed by atoms with Crippen molar-refractivity contribution in [1.29, 1.82) is 0 Å². The number of aromatic nitrogens is 3. The van der Waals surface area contributed by atoms with Gasteiger partial charge in [0.1, 0.15) is 0 Å². The molecule has 2 aliphatic carbocycles. The summed E-state index contributed by atoms with van der Waals surface area (Å²) in [7, 11) is 0. The van der Waals surface area contributed by atoms with Gasteiger partial charge in [-0.1, -0.05) is 207 Å². The third-order valence-electron chi connectivity index (χ3n) is 12.8. The Hall–Kier alpha value is -7.23. The van der Waals surface area contributed by atoms with E-state index in [2.05, 4.69) is 164 Å². The van der Waals surface area contributed by atoms with Gasteiger partial charge in [-0.05, 0) is 91.7 Å². The van der Waals surface area contributed by atoms with Crippen LogP contribution in [0.25, 0.3) is 89.8 Å². The van der Waals surface area contributed by atoms with Gasteiger partial charge < -0.3 is 0 Å². The standard InChI is InChI=1S/C57H43N3/c1-4-15-39(16-5-1)40-31-33-44(34-32-40)55-58-54(43-17-6-2-7-18-43)59-56(60-55)48-22-13-20-46(38-48)42-29-27-41(28-30-42)45-19-12-21-47(37-45)49-24-14-26-52-53(49)50-23-8-9-25-51(50)57(52)35-10-3-11-36-57/h1-2,4-9,12-34,37-38H,3,10-11,35-36H2. The summed E-state index contributed by atoms with van der Waals surface area (Å²) < 4.78 is 0. The molecule has 0 radical (unpaired) electrons. The molecule has 1 saturated carbocycles. The molecule has 0 bridgehead atoms. The Labute approximate surface area is 352 Å². The monoisotopic (exact) mass is 769 g/mol. The molecule has 11 rings (SSSR count). The van der Waals surface area contributed by atoms with Gasteiger partial charge in [-0.25, -0.2) is 15.0 Å². The Morgan fingerprint density at radius 3 is 1.33 bits per heavy atom. The fraction of sp³-hybridized carbons (Fsp3) is 0.105. The molecule has 9 aromatic rings. The van der Waals surface area contributed by atoms with Crippen LogP contribution in [0.5, 0.6) is 0 Å². The average molecular weight is 770 g/mol. The second-order valence-corrected chi connectivity index (χ2v) is 16.3. The van der Waals surface area contributed by atoms with E-state index >= 15 is 0 Å². The van der Waals surface area contributed by atoms with E-state index in [9.17, 15) is 0 Å². The predicted octanol–water partition coefficient (Wildman–Crippen LogP) is 14.8. The Bertz CT molecular complexity index is 2980. The molecule has 1 aromatic heterocycles. The second-order valence-electron chi connectivity index (χ2n) is 16.3. The normalized spacial score (nSPS) is 13.8. The first-order valence-electron chi connectivity index (χ1n) is 21.2. The van der Waals surface area contributed by atoms with Gasteiger partial charge in [0, 0.05) is 22.1 Å². The molecule has 1 spiro atoms. The molecule has 0 N–H and O–H groups in total. The van der Waals surface area contributed by atoms with Crippen molar-refractivity contribution in [3.63, 3.8) is 0 Å². The van der Waals surface area contributed by atoms with Gasteiger partial charge in [-0.2, -0.15) is 0 Å². The van der Waals surface area contributed by atoms with Crippen molar-refractivity contribution in [2.24, 2.45) is 0 Å². The molecule has 1 heterocycles. The van der Waals surface area contributed by atoms with Crippen LogP contribution in [0.3, 0.4) is 0 Å². The third-order valence-corrected chi connectivity index (χ3v) is 12.8. The summed E-state index contributed by atoms with van der Waals surface area (Å²) in [6.45, 7) is 0. The van der Waals surface area contributed by atoms with E-state index in [1.54, 1.807) is 0 Å². The Morgan fingerprint density at radius 2 is 0.683 bits per heavy atom. The van der Waals surface area contributed by atoms with Gasteiger partial charge >= 0.3 is 0 Å². The van der Waals surface area contributed by atoms with Crippen LogP contribution in [-0.4, -0.2) is 15.0 Å². The van der Waals surface area contributed by atoms with E-state index in [4.69, 9.17) is 15.0 Å². The number of hydrogen-bond acceptors (Lipinski definition) is 3. The van der Waals surface area contributed by atoms with Crippen LogP contribution in [0.15, 0.2) is 200 Å². The van der Waals surface area contributed by atoms with Crippen molar-refractivity contribution in [2.45, 2.75) is 37.5 Å². The van der Waals surface area contributed by atoms with Gasteiger partial charge in [0.25, 0.3) is 0 Å². The molecule has 0 aliphatic heterocycles. The molecular formula is C57H43N3. The summed E-state index contributed by atoms with van der Waals surface area (Å²) in [5.41, 5.74) is 18.5. The molecule has 286 valence electrons. The zero-order valence-corrected chi connectivity index (χ0v) is 33.4. The van der Waals surface area contributed by atoms with Crippen molar-refractivity contribution >= 4 is 0 Å². The van der Waals surface area contributed by atoms with Crippen LogP contribution >= 0.6 is 0 Å². The van der Waals surface area contributed by atoms with Crippen molar-refractivity contribution in [2.75, 3.05) is 0 Å². The lowest BCUT2D eigenvalue weighted by Gasteiger charge is -2.36. The first kappa shape index (κ1) is 35.9. The lowest BCUT2D eigenvalue weighted by atomic mass is 9.68. The molecule has 1 fully saturated rings. The quantitative estimate of drug-likeness (QED) is 0.162. The summed E-state index contributed by atoms with van der Waals surface area (Å²) in [5, 5.41) is 0. The minimum Gasteiger partial charge on any atom is -0.208 e. The highest BCUT2D eigenvalue weighted by Crippen LogP contribution is 2.57. The predicted molar refractivity (Wildman–Crippen MR) is 247 cm³/mol. The number of rotatable bonds is 7. The van der Waals surface area contributed by atoms with E-state index in [1.807, 2.05) is 36.4 Å². The van der Waals surface area contributed by atoms with Crippen LogP contribution in [0, 0.1) is 0 Å². The van der Waals surface area contributed by atoms with Crippen molar-refractivity contribution in [1.82, 2.24) is 15.0 Å². The maximum Gasteiger partial charge on any atom is 0.164 e. The highest BCUT2D eigenvalue weighted by Gasteiger charge is 2.44. The van der Waals surface area contributed by atoms with E-state index in [0.717, 1.165) is 33.4 Å². The van der Waals surface area contributed by atoms with E-state index < -0.39 is 0 Å². The lowest BCUT2D eigenvalue weighted by molar-refractivity contribution is 0.353. The highest BCUT2D eigenvalue weighted by atomic mass is 15.0. The van der Waals surface area contributed by atoms with E-state index in [0.29, 0.717) is 17.5 Å². The van der Waals surface area contributed by atoms with Crippen molar-refractivity contribution < 1.29 is 0 Å². The maximum atomic E-state index is 5.06. The summed E-state index contributed by atoms with van der Waals surface area (Å²) in [6.07, 6.45) is 6.42. The number of hydrogen-bond donors (Lipinski definition) is 0. The van der Waals surface area contributed by atoms with Crippen molar-refractivity contribution in [3.05, 3.63) is 211 Å². The largest absolute Gasteiger partial charge is 0.208 e. The van der Waals surface area contributed by atoms with Crippen LogP contribution in [0.4, 0.5) is 0 Å². The number of fused-ring (bicyclic) bond motifs is 5. The maximum absolute atomic E-state index is 5.06. The summed E-state index contributed by atoms with van der Waals surface area (Å²) in [6, 6.07) is 71.8. The summed E-state index contributed by atoms with van der Waals surface area (Å²) >= 11 is 0. The number of benzene rings is 8. The van der Waals surface area contributed by atoms with Crippen LogP contribution in [-0.2, 0) is 5.41 Å². The summed E-state index contributed by atoms with van der Waals surface area (Å²) in [5.74, 6) is 1.94. The fourth-order valence-corrected chi connectivity index (χ4v) is 9.79. The first-order valence-corrected chi connectivity index (χ1v) is 21.2. The van der Waals surface area contributed by atoms with Gasteiger partial charge in [0.2, 0.25) is 0 Å². The Morgan fingerprint density at radius 1 is 0.283 bits per heavy atom. The molecule has 0 saturated heterocycles. The second kappa shape index (κ2) is 15.2. The number of nitrogens with zero attached hydrogens (tertiary/aromatic N) is 3. The van der Waals surface area contributed by atoms with Gasteiger partial charge in [-0.15, -0.1) is 0 Å². The Kier molecular flexibility index (Phi) is 9.08. The molecule has 3 nitrogen and oxygen atoms in total. The topological polar surface area (TPSA) is 38.7 Å². The average Bonchev–Trinajstić information content (AvgIpc) is 3.60. The molecule has 8 aromatic carbocycles. The van der Waals surface area contributed by atoms with Crippen LogP contribution in [0.1, 0.15) is 43.2 Å². The molecule has 60 heavy (non-hydrogen) atoms. The van der Waals surface area contributed by atoms with Crippen molar-refractivity contribution in [3.8, 4) is 89.8 Å². The molecule has 2 aliphatic rings. The van der Waals surface area contributed by atoms with Crippen LogP contribution in [0.2, 0.25) is 0 Å². The highest BCUT2D eigenvalue weighted by molar-refractivity contribution is 5.93. The zero-order valence-electron chi connectivity index (χ0n) is 33.4. The fourth-order valence-electron chi connectivity index (χ4n) is 9.79. The van der Waals surface area contributed by atoms with Crippen LogP contribution < -0.4 is 0 Å². The smallest absolute Gasteiger partial charge is 0.164 e.